The fourth-order valence-corrected chi connectivity index (χ4v) is 2.97. The normalized spacial score (nSPS) is 27.1. The first kappa shape index (κ1) is 15.3. The molecule has 4 nitrogen and oxygen atoms in total. The Morgan fingerprint density at radius 3 is 2.50 bits per heavy atom. The summed E-state index contributed by atoms with van der Waals surface area (Å²) in [7, 11) is 1.67. The van der Waals surface area contributed by atoms with Gasteiger partial charge in [-0.15, -0.1) is 0 Å². The second kappa shape index (κ2) is 6.57. The van der Waals surface area contributed by atoms with Crippen molar-refractivity contribution < 1.29 is 9.84 Å². The summed E-state index contributed by atoms with van der Waals surface area (Å²) in [5.41, 5.74) is 7.38. The molecule has 1 heterocycles. The third-order valence-corrected chi connectivity index (χ3v) is 4.30. The van der Waals surface area contributed by atoms with Crippen molar-refractivity contribution in [2.75, 3.05) is 20.2 Å². The number of benzene rings is 1. The molecule has 20 heavy (non-hydrogen) atoms. The fourth-order valence-electron chi connectivity index (χ4n) is 2.97. The first-order chi connectivity index (χ1) is 9.52. The van der Waals surface area contributed by atoms with E-state index in [0.29, 0.717) is 12.5 Å². The highest BCUT2D eigenvalue weighted by Gasteiger charge is 2.31. The lowest BCUT2D eigenvalue weighted by Crippen LogP contribution is -2.48. The van der Waals surface area contributed by atoms with E-state index in [1.54, 1.807) is 7.11 Å². The minimum atomic E-state index is -0.261. The van der Waals surface area contributed by atoms with Crippen molar-refractivity contribution in [3.05, 3.63) is 29.8 Å². The molecular weight excluding hydrogens is 252 g/mol. The zero-order valence-corrected chi connectivity index (χ0v) is 12.6. The van der Waals surface area contributed by atoms with Crippen molar-refractivity contribution in [3.63, 3.8) is 0 Å². The number of aliphatic hydroxyl groups excluding tert-OH is 1. The van der Waals surface area contributed by atoms with E-state index in [9.17, 15) is 5.11 Å². The number of nitrogens with two attached hydrogens (primary N) is 1. The zero-order valence-electron chi connectivity index (χ0n) is 12.6. The van der Waals surface area contributed by atoms with Crippen LogP contribution in [-0.2, 0) is 0 Å². The number of piperidine rings is 1. The maximum absolute atomic E-state index is 10.1. The molecular formula is C16H26N2O2. The summed E-state index contributed by atoms with van der Waals surface area (Å²) in [6.07, 6.45) is 0.754. The molecule has 0 bridgehead atoms. The molecule has 112 valence electrons. The summed E-state index contributed by atoms with van der Waals surface area (Å²) in [5.74, 6) is 1.22. The van der Waals surface area contributed by atoms with Gasteiger partial charge in [0.05, 0.1) is 13.2 Å². The smallest absolute Gasteiger partial charge is 0.118 e. The molecule has 1 aromatic rings. The molecule has 3 N–H and O–H groups in total. The molecule has 0 aliphatic carbocycles. The topological polar surface area (TPSA) is 58.7 Å². The number of β-amino-alcohol motifs (C(OH)–C–C–N with tert-alkyl or cyclic N) is 1. The van der Waals surface area contributed by atoms with Crippen LogP contribution in [0.25, 0.3) is 0 Å². The highest BCUT2D eigenvalue weighted by Crippen LogP contribution is 2.29. The van der Waals surface area contributed by atoms with Gasteiger partial charge in [-0.3, -0.25) is 4.90 Å². The van der Waals surface area contributed by atoms with Gasteiger partial charge >= 0.3 is 0 Å². The predicted octanol–water partition coefficient (Wildman–Crippen LogP) is 1.79. The minimum absolute atomic E-state index is 0.0176. The van der Waals surface area contributed by atoms with E-state index in [1.807, 2.05) is 19.1 Å². The maximum atomic E-state index is 10.1. The largest absolute Gasteiger partial charge is 0.497 e. The van der Waals surface area contributed by atoms with Crippen LogP contribution in [0.15, 0.2) is 24.3 Å². The Morgan fingerprint density at radius 1 is 1.35 bits per heavy atom. The number of rotatable bonds is 4. The summed E-state index contributed by atoms with van der Waals surface area (Å²) in [6, 6.07) is 8.22. The van der Waals surface area contributed by atoms with Crippen molar-refractivity contribution in [2.24, 2.45) is 11.7 Å². The van der Waals surface area contributed by atoms with Gasteiger partial charge in [-0.1, -0.05) is 19.1 Å². The fraction of sp³-hybridized carbons (Fsp3) is 0.625. The first-order valence-corrected chi connectivity index (χ1v) is 7.34. The molecule has 0 aromatic heterocycles. The van der Waals surface area contributed by atoms with Crippen LogP contribution >= 0.6 is 0 Å². The van der Waals surface area contributed by atoms with Crippen LogP contribution in [0, 0.1) is 5.92 Å². The number of aliphatic hydroxyl groups is 1. The zero-order chi connectivity index (χ0) is 14.7. The number of ether oxygens (including phenoxy) is 1. The maximum Gasteiger partial charge on any atom is 0.118 e. The molecule has 0 saturated carbocycles. The molecule has 4 atom stereocenters. The van der Waals surface area contributed by atoms with E-state index in [1.165, 1.54) is 5.56 Å². The SMILES string of the molecule is COc1ccc(C(C(C)N)N2CCC(C)C(O)C2)cc1. The molecule has 2 rings (SSSR count). The van der Waals surface area contributed by atoms with Gasteiger partial charge in [-0.2, -0.15) is 0 Å². The van der Waals surface area contributed by atoms with Crippen LogP contribution < -0.4 is 10.5 Å². The van der Waals surface area contributed by atoms with Gasteiger partial charge in [0.15, 0.2) is 0 Å². The van der Waals surface area contributed by atoms with E-state index in [4.69, 9.17) is 10.5 Å². The van der Waals surface area contributed by atoms with Gasteiger partial charge in [0, 0.05) is 18.6 Å². The third-order valence-electron chi connectivity index (χ3n) is 4.30. The van der Waals surface area contributed by atoms with Gasteiger partial charge in [0.1, 0.15) is 5.75 Å². The van der Waals surface area contributed by atoms with Crippen molar-refractivity contribution in [1.82, 2.24) is 4.90 Å². The van der Waals surface area contributed by atoms with Crippen LogP contribution in [-0.4, -0.2) is 42.4 Å². The van der Waals surface area contributed by atoms with E-state index >= 15 is 0 Å². The summed E-state index contributed by atoms with van der Waals surface area (Å²) in [6.45, 7) is 5.81. The van der Waals surface area contributed by atoms with Crippen molar-refractivity contribution in [1.29, 1.82) is 0 Å². The second-order valence-electron chi connectivity index (χ2n) is 5.91. The summed E-state index contributed by atoms with van der Waals surface area (Å²) in [5, 5.41) is 10.1. The number of methoxy groups -OCH3 is 1. The Labute approximate surface area is 121 Å². The van der Waals surface area contributed by atoms with E-state index in [2.05, 4.69) is 24.0 Å². The predicted molar refractivity (Wildman–Crippen MR) is 80.7 cm³/mol. The lowest BCUT2D eigenvalue weighted by Gasteiger charge is -2.41. The molecule has 1 aliphatic heterocycles. The van der Waals surface area contributed by atoms with Crippen LogP contribution in [0.4, 0.5) is 0 Å². The minimum Gasteiger partial charge on any atom is -0.497 e. The number of likely N-dealkylation sites (tertiary alicyclic amines) is 1. The number of hydrogen-bond acceptors (Lipinski definition) is 4. The highest BCUT2D eigenvalue weighted by molar-refractivity contribution is 5.30. The average molecular weight is 278 g/mol. The molecule has 4 heteroatoms. The molecule has 4 unspecified atom stereocenters. The monoisotopic (exact) mass is 278 g/mol. The summed E-state index contributed by atoms with van der Waals surface area (Å²) >= 11 is 0. The van der Waals surface area contributed by atoms with E-state index in [0.717, 1.165) is 18.7 Å². The average Bonchev–Trinajstić information content (AvgIpc) is 2.43. The highest BCUT2D eigenvalue weighted by atomic mass is 16.5. The van der Waals surface area contributed by atoms with Gasteiger partial charge in [-0.05, 0) is 43.5 Å². The summed E-state index contributed by atoms with van der Waals surface area (Å²) in [4.78, 5) is 2.30. The molecule has 0 spiro atoms. The number of hydrogen-bond donors (Lipinski definition) is 2. The standard InChI is InChI=1S/C16H26N2O2/c1-11-8-9-18(10-15(11)19)16(12(2)17)13-4-6-14(20-3)7-5-13/h4-7,11-12,15-16,19H,8-10,17H2,1-3H3. The van der Waals surface area contributed by atoms with Gasteiger partial charge in [-0.25, -0.2) is 0 Å². The Kier molecular flexibility index (Phi) is 5.02. The van der Waals surface area contributed by atoms with Crippen LogP contribution in [0.3, 0.4) is 0 Å². The van der Waals surface area contributed by atoms with Crippen LogP contribution in [0.2, 0.25) is 0 Å². The second-order valence-corrected chi connectivity index (χ2v) is 5.91. The molecule has 1 aromatic carbocycles. The van der Waals surface area contributed by atoms with Gasteiger partial charge in [0.25, 0.3) is 0 Å². The third kappa shape index (κ3) is 3.32. The summed E-state index contributed by atoms with van der Waals surface area (Å²) < 4.78 is 5.20. The lowest BCUT2D eigenvalue weighted by molar-refractivity contribution is 0.00539. The van der Waals surface area contributed by atoms with Crippen molar-refractivity contribution in [2.45, 2.75) is 38.5 Å². The lowest BCUT2D eigenvalue weighted by atomic mass is 9.91. The Balaban J connectivity index is 2.18. The van der Waals surface area contributed by atoms with Crippen LogP contribution in [0.5, 0.6) is 5.75 Å². The Hall–Kier alpha value is -1.10. The van der Waals surface area contributed by atoms with Gasteiger partial charge < -0.3 is 15.6 Å². The van der Waals surface area contributed by atoms with Crippen LogP contribution in [0.1, 0.15) is 31.9 Å². The van der Waals surface area contributed by atoms with E-state index < -0.39 is 0 Å². The molecule has 0 amide bonds. The first-order valence-electron chi connectivity index (χ1n) is 7.34. The molecule has 0 radical (unpaired) electrons. The molecule has 1 saturated heterocycles. The van der Waals surface area contributed by atoms with E-state index in [-0.39, 0.29) is 18.2 Å². The van der Waals surface area contributed by atoms with Crippen molar-refractivity contribution in [3.8, 4) is 5.75 Å². The molecule has 1 aliphatic rings. The van der Waals surface area contributed by atoms with Gasteiger partial charge in [0.2, 0.25) is 0 Å². The number of nitrogens with zero attached hydrogens (tertiary/aromatic N) is 1. The Morgan fingerprint density at radius 2 is 2.00 bits per heavy atom. The van der Waals surface area contributed by atoms with Crippen molar-refractivity contribution >= 4 is 0 Å². The Bertz CT molecular complexity index is 419. The molecule has 1 fully saturated rings. The quantitative estimate of drug-likeness (QED) is 0.881.